The smallest absolute Gasteiger partial charge is 0.244 e. The number of amides is 1. The molecule has 0 radical (unpaired) electrons. The average Bonchev–Trinajstić information content (AvgIpc) is 3.09. The first-order valence-corrected chi connectivity index (χ1v) is 7.56. The van der Waals surface area contributed by atoms with Crippen LogP contribution in [0.5, 0.6) is 0 Å². The maximum atomic E-state index is 12.4. The van der Waals surface area contributed by atoms with Crippen LogP contribution in [-0.4, -0.2) is 27.1 Å². The van der Waals surface area contributed by atoms with E-state index in [1.165, 1.54) is 5.56 Å². The number of carbonyl (C=O) groups excluding carboxylic acids is 1. The number of aromatic nitrogens is 2. The fourth-order valence-corrected chi connectivity index (χ4v) is 3.17. The molecule has 0 spiro atoms. The number of rotatable bonds is 3. The number of hydrogen-bond donors (Lipinski definition) is 0. The zero-order valence-corrected chi connectivity index (χ0v) is 12.7. The molecule has 0 aliphatic carbocycles. The van der Waals surface area contributed by atoms with Gasteiger partial charge in [-0.3, -0.25) is 9.48 Å². The predicted molar refractivity (Wildman–Crippen MR) is 80.1 cm³/mol. The molecular weight excluding hydrogens is 318 g/mol. The highest BCUT2D eigenvalue weighted by atomic mass is 79.9. The number of halogens is 1. The Morgan fingerprint density at radius 3 is 3.05 bits per heavy atom. The topological polar surface area (TPSA) is 38.1 Å². The summed E-state index contributed by atoms with van der Waals surface area (Å²) < 4.78 is 2.74. The first-order valence-electron chi connectivity index (χ1n) is 6.76. The SMILES string of the molecule is O=C(Cn1cccn1)N1CCCC1c1cccc(Br)c1. The molecule has 1 aliphatic heterocycles. The molecule has 1 atom stereocenters. The first-order chi connectivity index (χ1) is 9.74. The van der Waals surface area contributed by atoms with Gasteiger partial charge in [0, 0.05) is 23.4 Å². The lowest BCUT2D eigenvalue weighted by atomic mass is 10.0. The van der Waals surface area contributed by atoms with Crippen LogP contribution in [0.2, 0.25) is 0 Å². The molecule has 1 fully saturated rings. The minimum absolute atomic E-state index is 0.135. The summed E-state index contributed by atoms with van der Waals surface area (Å²) in [6, 6.07) is 10.3. The molecule has 104 valence electrons. The lowest BCUT2D eigenvalue weighted by Crippen LogP contribution is -2.33. The zero-order valence-electron chi connectivity index (χ0n) is 11.1. The van der Waals surface area contributed by atoms with E-state index < -0.39 is 0 Å². The molecule has 1 aromatic heterocycles. The lowest BCUT2D eigenvalue weighted by molar-refractivity contribution is -0.133. The summed E-state index contributed by atoms with van der Waals surface area (Å²) in [4.78, 5) is 14.4. The minimum Gasteiger partial charge on any atom is -0.334 e. The van der Waals surface area contributed by atoms with Crippen LogP contribution in [0.3, 0.4) is 0 Å². The van der Waals surface area contributed by atoms with Crippen molar-refractivity contribution in [1.29, 1.82) is 0 Å². The third-order valence-electron chi connectivity index (χ3n) is 3.66. The van der Waals surface area contributed by atoms with E-state index in [2.05, 4.69) is 33.2 Å². The van der Waals surface area contributed by atoms with E-state index in [1.807, 2.05) is 29.3 Å². The third-order valence-corrected chi connectivity index (χ3v) is 4.16. The van der Waals surface area contributed by atoms with Gasteiger partial charge in [-0.05, 0) is 36.6 Å². The van der Waals surface area contributed by atoms with Crippen LogP contribution in [0, 0.1) is 0 Å². The van der Waals surface area contributed by atoms with Gasteiger partial charge >= 0.3 is 0 Å². The third kappa shape index (κ3) is 2.77. The highest BCUT2D eigenvalue weighted by molar-refractivity contribution is 9.10. The maximum absolute atomic E-state index is 12.4. The van der Waals surface area contributed by atoms with Crippen LogP contribution in [-0.2, 0) is 11.3 Å². The Morgan fingerprint density at radius 1 is 1.40 bits per heavy atom. The second-order valence-electron chi connectivity index (χ2n) is 5.00. The molecule has 0 bridgehead atoms. The number of carbonyl (C=O) groups is 1. The van der Waals surface area contributed by atoms with Crippen molar-refractivity contribution in [2.75, 3.05) is 6.54 Å². The van der Waals surface area contributed by atoms with Gasteiger partial charge in [-0.1, -0.05) is 28.1 Å². The number of likely N-dealkylation sites (tertiary alicyclic amines) is 1. The second-order valence-corrected chi connectivity index (χ2v) is 5.92. The number of benzene rings is 1. The van der Waals surface area contributed by atoms with Crippen LogP contribution in [0.25, 0.3) is 0 Å². The summed E-state index contributed by atoms with van der Waals surface area (Å²) in [6.07, 6.45) is 5.61. The van der Waals surface area contributed by atoms with Gasteiger partial charge < -0.3 is 4.90 Å². The fraction of sp³-hybridized carbons (Fsp3) is 0.333. The van der Waals surface area contributed by atoms with Crippen LogP contribution >= 0.6 is 15.9 Å². The van der Waals surface area contributed by atoms with Crippen LogP contribution in [0.4, 0.5) is 0 Å². The lowest BCUT2D eigenvalue weighted by Gasteiger charge is -2.25. The Bertz CT molecular complexity index is 597. The molecule has 2 aromatic rings. The molecular formula is C15H16BrN3O. The minimum atomic E-state index is 0.135. The van der Waals surface area contributed by atoms with Gasteiger partial charge in [0.1, 0.15) is 6.54 Å². The van der Waals surface area contributed by atoms with Crippen LogP contribution in [0.1, 0.15) is 24.4 Å². The summed E-state index contributed by atoms with van der Waals surface area (Å²) in [5.41, 5.74) is 1.20. The Hall–Kier alpha value is -1.62. The molecule has 0 N–H and O–H groups in total. The van der Waals surface area contributed by atoms with Crippen molar-refractivity contribution in [3.8, 4) is 0 Å². The largest absolute Gasteiger partial charge is 0.334 e. The molecule has 2 heterocycles. The summed E-state index contributed by atoms with van der Waals surface area (Å²) in [7, 11) is 0. The molecule has 1 saturated heterocycles. The van der Waals surface area contributed by atoms with Crippen molar-refractivity contribution in [3.63, 3.8) is 0 Å². The van der Waals surface area contributed by atoms with Crippen molar-refractivity contribution in [2.45, 2.75) is 25.4 Å². The summed E-state index contributed by atoms with van der Waals surface area (Å²) in [6.45, 7) is 1.15. The quantitative estimate of drug-likeness (QED) is 0.865. The van der Waals surface area contributed by atoms with Gasteiger partial charge in [-0.15, -0.1) is 0 Å². The Kier molecular flexibility index (Phi) is 3.87. The van der Waals surface area contributed by atoms with Crippen molar-refractivity contribution in [3.05, 3.63) is 52.8 Å². The van der Waals surface area contributed by atoms with Gasteiger partial charge in [-0.25, -0.2) is 0 Å². The monoisotopic (exact) mass is 333 g/mol. The van der Waals surface area contributed by atoms with Gasteiger partial charge in [-0.2, -0.15) is 5.10 Å². The zero-order chi connectivity index (χ0) is 13.9. The summed E-state index contributed by atoms with van der Waals surface area (Å²) in [5, 5.41) is 4.10. The van der Waals surface area contributed by atoms with Gasteiger partial charge in [0.2, 0.25) is 5.91 Å². The first kappa shape index (κ1) is 13.4. The molecule has 20 heavy (non-hydrogen) atoms. The standard InChI is InChI=1S/C15H16BrN3O/c16-13-5-1-4-12(10-13)14-6-2-9-19(14)15(20)11-18-8-3-7-17-18/h1,3-5,7-8,10,14H,2,6,9,11H2. The van der Waals surface area contributed by atoms with Gasteiger partial charge in [0.25, 0.3) is 0 Å². The Labute approximate surface area is 126 Å². The highest BCUT2D eigenvalue weighted by Gasteiger charge is 2.29. The van der Waals surface area contributed by atoms with Crippen molar-refractivity contribution in [1.82, 2.24) is 14.7 Å². The van der Waals surface area contributed by atoms with E-state index in [-0.39, 0.29) is 11.9 Å². The van der Waals surface area contributed by atoms with E-state index in [0.29, 0.717) is 6.54 Å². The second kappa shape index (κ2) is 5.79. The van der Waals surface area contributed by atoms with E-state index in [0.717, 1.165) is 23.9 Å². The molecule has 1 amide bonds. The maximum Gasteiger partial charge on any atom is 0.244 e. The highest BCUT2D eigenvalue weighted by Crippen LogP contribution is 2.33. The van der Waals surface area contributed by atoms with Crippen molar-refractivity contribution in [2.24, 2.45) is 0 Å². The normalized spacial score (nSPS) is 18.4. The van der Waals surface area contributed by atoms with Crippen LogP contribution in [0.15, 0.2) is 47.2 Å². The number of nitrogens with zero attached hydrogens (tertiary/aromatic N) is 3. The molecule has 5 heteroatoms. The predicted octanol–water partition coefficient (Wildman–Crippen LogP) is 3.01. The van der Waals surface area contributed by atoms with Crippen molar-refractivity contribution < 1.29 is 4.79 Å². The number of hydrogen-bond acceptors (Lipinski definition) is 2. The van der Waals surface area contributed by atoms with E-state index in [1.54, 1.807) is 10.9 Å². The molecule has 4 nitrogen and oxygen atoms in total. The molecule has 1 aliphatic rings. The summed E-state index contributed by atoms with van der Waals surface area (Å²) >= 11 is 3.50. The summed E-state index contributed by atoms with van der Waals surface area (Å²) in [5.74, 6) is 0.135. The van der Waals surface area contributed by atoms with E-state index in [4.69, 9.17) is 0 Å². The van der Waals surface area contributed by atoms with Gasteiger partial charge in [0.15, 0.2) is 0 Å². The fourth-order valence-electron chi connectivity index (χ4n) is 2.75. The average molecular weight is 334 g/mol. The molecule has 1 aromatic carbocycles. The van der Waals surface area contributed by atoms with E-state index >= 15 is 0 Å². The van der Waals surface area contributed by atoms with E-state index in [9.17, 15) is 4.79 Å². The Morgan fingerprint density at radius 2 is 2.30 bits per heavy atom. The Balaban J connectivity index is 1.77. The van der Waals surface area contributed by atoms with Gasteiger partial charge in [0.05, 0.1) is 6.04 Å². The molecule has 1 unspecified atom stereocenters. The molecule has 3 rings (SSSR count). The molecule has 0 saturated carbocycles. The van der Waals surface area contributed by atoms with Crippen LogP contribution < -0.4 is 0 Å². The van der Waals surface area contributed by atoms with Crippen molar-refractivity contribution >= 4 is 21.8 Å².